The number of halogens is 1. The SMILES string of the molecule is CNc1ncc(Br)cc1C(=O)Nc1cc(C)ccc1C. The number of amides is 1. The average Bonchev–Trinajstić information content (AvgIpc) is 2.42. The Morgan fingerprint density at radius 3 is 2.70 bits per heavy atom. The fraction of sp³-hybridized carbons (Fsp3) is 0.200. The van der Waals surface area contributed by atoms with E-state index < -0.39 is 0 Å². The Morgan fingerprint density at radius 2 is 2.00 bits per heavy atom. The third-order valence-electron chi connectivity index (χ3n) is 2.98. The van der Waals surface area contributed by atoms with Gasteiger partial charge in [0, 0.05) is 23.4 Å². The Morgan fingerprint density at radius 1 is 1.25 bits per heavy atom. The van der Waals surface area contributed by atoms with Gasteiger partial charge in [0.25, 0.3) is 5.91 Å². The van der Waals surface area contributed by atoms with Crippen LogP contribution in [-0.2, 0) is 0 Å². The maximum Gasteiger partial charge on any atom is 0.259 e. The summed E-state index contributed by atoms with van der Waals surface area (Å²) < 4.78 is 0.766. The first-order valence-corrected chi connectivity index (χ1v) is 7.02. The molecule has 0 atom stereocenters. The second-order valence-electron chi connectivity index (χ2n) is 4.57. The van der Waals surface area contributed by atoms with Crippen molar-refractivity contribution >= 4 is 33.3 Å². The Balaban J connectivity index is 2.32. The molecule has 0 aliphatic heterocycles. The predicted octanol–water partition coefficient (Wildman–Crippen LogP) is 3.75. The lowest BCUT2D eigenvalue weighted by molar-refractivity contribution is 0.102. The van der Waals surface area contributed by atoms with Gasteiger partial charge in [0.2, 0.25) is 0 Å². The molecule has 0 saturated heterocycles. The third kappa shape index (κ3) is 3.17. The molecule has 4 nitrogen and oxygen atoms in total. The highest BCUT2D eigenvalue weighted by atomic mass is 79.9. The van der Waals surface area contributed by atoms with Crippen LogP contribution in [0, 0.1) is 13.8 Å². The number of hydrogen-bond donors (Lipinski definition) is 2. The predicted molar refractivity (Wildman–Crippen MR) is 85.4 cm³/mol. The number of benzene rings is 1. The number of nitrogens with zero attached hydrogens (tertiary/aromatic N) is 1. The molecule has 0 bridgehead atoms. The summed E-state index contributed by atoms with van der Waals surface area (Å²) in [4.78, 5) is 16.6. The molecule has 0 spiro atoms. The van der Waals surface area contributed by atoms with E-state index in [0.717, 1.165) is 21.3 Å². The first kappa shape index (κ1) is 14.5. The normalized spacial score (nSPS) is 10.2. The van der Waals surface area contributed by atoms with Crippen molar-refractivity contribution in [3.8, 4) is 0 Å². The molecule has 1 aromatic carbocycles. The lowest BCUT2D eigenvalue weighted by atomic mass is 10.1. The summed E-state index contributed by atoms with van der Waals surface area (Å²) in [5, 5.41) is 5.85. The van der Waals surface area contributed by atoms with Crippen molar-refractivity contribution in [3.63, 3.8) is 0 Å². The number of aryl methyl sites for hydroxylation is 2. The second-order valence-corrected chi connectivity index (χ2v) is 5.49. The van der Waals surface area contributed by atoms with Gasteiger partial charge in [0.05, 0.1) is 5.56 Å². The molecule has 0 fully saturated rings. The largest absolute Gasteiger partial charge is 0.372 e. The zero-order valence-corrected chi connectivity index (χ0v) is 13.2. The van der Waals surface area contributed by atoms with Crippen molar-refractivity contribution < 1.29 is 4.79 Å². The van der Waals surface area contributed by atoms with E-state index in [4.69, 9.17) is 0 Å². The molecule has 20 heavy (non-hydrogen) atoms. The number of pyridine rings is 1. The van der Waals surface area contributed by atoms with Crippen LogP contribution in [0.15, 0.2) is 34.9 Å². The van der Waals surface area contributed by atoms with Gasteiger partial charge in [0.1, 0.15) is 5.82 Å². The van der Waals surface area contributed by atoms with E-state index in [0.29, 0.717) is 11.4 Å². The summed E-state index contributed by atoms with van der Waals surface area (Å²) in [5.74, 6) is 0.368. The van der Waals surface area contributed by atoms with E-state index in [1.165, 1.54) is 0 Å². The zero-order chi connectivity index (χ0) is 14.7. The van der Waals surface area contributed by atoms with E-state index >= 15 is 0 Å². The van der Waals surface area contributed by atoms with Gasteiger partial charge < -0.3 is 10.6 Å². The lowest BCUT2D eigenvalue weighted by Crippen LogP contribution is -2.15. The van der Waals surface area contributed by atoms with E-state index in [1.807, 2.05) is 32.0 Å². The first-order valence-electron chi connectivity index (χ1n) is 6.23. The lowest BCUT2D eigenvalue weighted by Gasteiger charge is -2.12. The molecule has 0 radical (unpaired) electrons. The molecule has 0 unspecified atom stereocenters. The van der Waals surface area contributed by atoms with Gasteiger partial charge in [0.15, 0.2) is 0 Å². The van der Waals surface area contributed by atoms with Crippen molar-refractivity contribution in [1.82, 2.24) is 4.98 Å². The van der Waals surface area contributed by atoms with Crippen LogP contribution in [0.3, 0.4) is 0 Å². The van der Waals surface area contributed by atoms with Crippen LogP contribution in [0.4, 0.5) is 11.5 Å². The van der Waals surface area contributed by atoms with Crippen LogP contribution in [-0.4, -0.2) is 17.9 Å². The molecule has 2 rings (SSSR count). The van der Waals surface area contributed by atoms with Crippen molar-refractivity contribution in [1.29, 1.82) is 0 Å². The Labute approximate surface area is 126 Å². The fourth-order valence-electron chi connectivity index (χ4n) is 1.87. The van der Waals surface area contributed by atoms with E-state index in [1.54, 1.807) is 19.3 Å². The van der Waals surface area contributed by atoms with Crippen LogP contribution < -0.4 is 10.6 Å². The van der Waals surface area contributed by atoms with Gasteiger partial charge in [-0.05, 0) is 53.0 Å². The van der Waals surface area contributed by atoms with E-state index in [2.05, 4.69) is 31.5 Å². The summed E-state index contributed by atoms with van der Waals surface area (Å²) in [5.41, 5.74) is 3.45. The van der Waals surface area contributed by atoms with Gasteiger partial charge in [-0.25, -0.2) is 4.98 Å². The van der Waals surface area contributed by atoms with Gasteiger partial charge in [-0.15, -0.1) is 0 Å². The maximum atomic E-state index is 12.4. The van der Waals surface area contributed by atoms with Gasteiger partial charge in [-0.3, -0.25) is 4.79 Å². The molecule has 1 heterocycles. The molecule has 2 aromatic rings. The minimum atomic E-state index is -0.183. The van der Waals surface area contributed by atoms with E-state index in [9.17, 15) is 4.79 Å². The molecule has 0 aliphatic carbocycles. The van der Waals surface area contributed by atoms with Gasteiger partial charge >= 0.3 is 0 Å². The topological polar surface area (TPSA) is 54.0 Å². The van der Waals surface area contributed by atoms with Crippen molar-refractivity contribution in [2.45, 2.75) is 13.8 Å². The molecule has 1 amide bonds. The number of nitrogens with one attached hydrogen (secondary N) is 2. The molecule has 0 saturated carbocycles. The number of hydrogen-bond acceptors (Lipinski definition) is 3. The first-order chi connectivity index (χ1) is 9.51. The minimum Gasteiger partial charge on any atom is -0.372 e. The van der Waals surface area contributed by atoms with Crippen molar-refractivity contribution in [2.75, 3.05) is 17.7 Å². The van der Waals surface area contributed by atoms with Crippen LogP contribution >= 0.6 is 15.9 Å². The standard InChI is InChI=1S/C15H16BrN3O/c1-9-4-5-10(2)13(6-9)19-15(20)12-7-11(16)8-18-14(12)17-3/h4-8H,1-3H3,(H,17,18)(H,19,20). The summed E-state index contributed by atoms with van der Waals surface area (Å²) in [6, 6.07) is 7.71. The maximum absolute atomic E-state index is 12.4. The smallest absolute Gasteiger partial charge is 0.259 e. The van der Waals surface area contributed by atoms with Gasteiger partial charge in [-0.1, -0.05) is 12.1 Å². The quantitative estimate of drug-likeness (QED) is 0.899. The molecular formula is C15H16BrN3O. The summed E-state index contributed by atoms with van der Waals surface area (Å²) >= 11 is 3.34. The number of carbonyl (C=O) groups is 1. The number of carbonyl (C=O) groups excluding carboxylic acids is 1. The highest BCUT2D eigenvalue weighted by Gasteiger charge is 2.13. The molecule has 2 N–H and O–H groups in total. The highest BCUT2D eigenvalue weighted by molar-refractivity contribution is 9.10. The highest BCUT2D eigenvalue weighted by Crippen LogP contribution is 2.21. The average molecular weight is 334 g/mol. The number of rotatable bonds is 3. The molecule has 5 heteroatoms. The second kappa shape index (κ2) is 6.05. The molecule has 104 valence electrons. The van der Waals surface area contributed by atoms with Crippen LogP contribution in [0.5, 0.6) is 0 Å². The van der Waals surface area contributed by atoms with E-state index in [-0.39, 0.29) is 5.91 Å². The zero-order valence-electron chi connectivity index (χ0n) is 11.6. The Hall–Kier alpha value is -1.88. The molecule has 1 aromatic heterocycles. The van der Waals surface area contributed by atoms with Crippen molar-refractivity contribution in [3.05, 3.63) is 51.6 Å². The monoisotopic (exact) mass is 333 g/mol. The minimum absolute atomic E-state index is 0.183. The Bertz CT molecular complexity index is 656. The summed E-state index contributed by atoms with van der Waals surface area (Å²) in [6.07, 6.45) is 1.65. The van der Waals surface area contributed by atoms with Gasteiger partial charge in [-0.2, -0.15) is 0 Å². The third-order valence-corrected chi connectivity index (χ3v) is 3.41. The molecule has 0 aliphatic rings. The van der Waals surface area contributed by atoms with Crippen LogP contribution in [0.2, 0.25) is 0 Å². The fourth-order valence-corrected chi connectivity index (χ4v) is 2.20. The van der Waals surface area contributed by atoms with Crippen LogP contribution in [0.25, 0.3) is 0 Å². The Kier molecular flexibility index (Phi) is 4.39. The summed E-state index contributed by atoms with van der Waals surface area (Å²) in [6.45, 7) is 3.96. The molecular weight excluding hydrogens is 318 g/mol. The summed E-state index contributed by atoms with van der Waals surface area (Å²) in [7, 11) is 1.74. The van der Waals surface area contributed by atoms with Crippen molar-refractivity contribution in [2.24, 2.45) is 0 Å². The number of aromatic nitrogens is 1. The van der Waals surface area contributed by atoms with Crippen LogP contribution in [0.1, 0.15) is 21.5 Å². The number of anilines is 2.